The number of halogens is 2. The van der Waals surface area contributed by atoms with Crippen LogP contribution in [0.3, 0.4) is 0 Å². The third-order valence-corrected chi connectivity index (χ3v) is 3.74. The van der Waals surface area contributed by atoms with Crippen LogP contribution in [0.5, 0.6) is 0 Å². The van der Waals surface area contributed by atoms with Crippen LogP contribution in [0.25, 0.3) is 0 Å². The van der Waals surface area contributed by atoms with E-state index in [2.05, 4.69) is 20.8 Å². The first-order valence-electron chi connectivity index (χ1n) is 6.07. The number of nitrogens with one attached hydrogen (secondary N) is 1. The van der Waals surface area contributed by atoms with Crippen molar-refractivity contribution in [3.63, 3.8) is 0 Å². The van der Waals surface area contributed by atoms with E-state index >= 15 is 0 Å². The van der Waals surface area contributed by atoms with Crippen molar-refractivity contribution in [2.24, 2.45) is 5.73 Å². The highest BCUT2D eigenvalue weighted by Gasteiger charge is 2.11. The molecule has 0 unspecified atom stereocenters. The van der Waals surface area contributed by atoms with Crippen LogP contribution in [0.2, 0.25) is 5.02 Å². The fourth-order valence-electron chi connectivity index (χ4n) is 2.01. The van der Waals surface area contributed by atoms with Crippen molar-refractivity contribution in [1.29, 1.82) is 5.41 Å². The van der Waals surface area contributed by atoms with E-state index in [0.717, 1.165) is 32.9 Å². The predicted molar refractivity (Wildman–Crippen MR) is 88.7 cm³/mol. The molecule has 0 saturated heterocycles. The van der Waals surface area contributed by atoms with E-state index in [-0.39, 0.29) is 5.84 Å². The summed E-state index contributed by atoms with van der Waals surface area (Å²) in [6, 6.07) is 13.5. The van der Waals surface area contributed by atoms with Crippen molar-refractivity contribution in [1.82, 2.24) is 0 Å². The van der Waals surface area contributed by atoms with Gasteiger partial charge in [-0.05, 0) is 35.9 Å². The average molecular weight is 353 g/mol. The first-order valence-corrected chi connectivity index (χ1v) is 7.24. The second kappa shape index (κ2) is 6.29. The molecule has 0 heterocycles. The number of nitrogens with two attached hydrogens (primary N) is 1. The summed E-state index contributed by atoms with van der Waals surface area (Å²) in [6.45, 7) is 0.721. The SMILES string of the molecule is CN(Cc1ccc(Cl)cc1)c1ccc(Br)cc1C(=N)N. The van der Waals surface area contributed by atoms with Gasteiger partial charge in [-0.3, -0.25) is 5.41 Å². The summed E-state index contributed by atoms with van der Waals surface area (Å²) < 4.78 is 0.909. The van der Waals surface area contributed by atoms with Crippen LogP contribution >= 0.6 is 27.5 Å². The lowest BCUT2D eigenvalue weighted by Gasteiger charge is -2.22. The van der Waals surface area contributed by atoms with Crippen LogP contribution < -0.4 is 10.6 Å². The van der Waals surface area contributed by atoms with Gasteiger partial charge in [-0.2, -0.15) is 0 Å². The highest BCUT2D eigenvalue weighted by atomic mass is 79.9. The van der Waals surface area contributed by atoms with Gasteiger partial charge in [0.15, 0.2) is 0 Å². The number of nitrogens with zero attached hydrogens (tertiary/aromatic N) is 1. The number of anilines is 1. The molecular formula is C15H15BrClN3. The van der Waals surface area contributed by atoms with Gasteiger partial charge in [-0.1, -0.05) is 39.7 Å². The van der Waals surface area contributed by atoms with E-state index in [9.17, 15) is 0 Å². The molecule has 0 saturated carbocycles. The second-order valence-corrected chi connectivity index (χ2v) is 5.91. The molecule has 104 valence electrons. The summed E-state index contributed by atoms with van der Waals surface area (Å²) in [6.07, 6.45) is 0. The molecule has 0 amide bonds. The summed E-state index contributed by atoms with van der Waals surface area (Å²) in [7, 11) is 1.98. The lowest BCUT2D eigenvalue weighted by atomic mass is 10.1. The minimum atomic E-state index is 0.0595. The summed E-state index contributed by atoms with van der Waals surface area (Å²) in [5.74, 6) is 0.0595. The maximum absolute atomic E-state index is 7.69. The predicted octanol–water partition coefficient (Wildman–Crippen LogP) is 4.02. The fourth-order valence-corrected chi connectivity index (χ4v) is 2.49. The molecule has 3 N–H and O–H groups in total. The highest BCUT2D eigenvalue weighted by Crippen LogP contribution is 2.25. The van der Waals surface area contributed by atoms with Gasteiger partial charge < -0.3 is 10.6 Å². The van der Waals surface area contributed by atoms with Crippen LogP contribution in [0.1, 0.15) is 11.1 Å². The summed E-state index contributed by atoms with van der Waals surface area (Å²) in [5.41, 5.74) is 8.45. The van der Waals surface area contributed by atoms with Gasteiger partial charge in [-0.25, -0.2) is 0 Å². The van der Waals surface area contributed by atoms with Gasteiger partial charge in [0.25, 0.3) is 0 Å². The van der Waals surface area contributed by atoms with E-state index in [1.807, 2.05) is 49.5 Å². The van der Waals surface area contributed by atoms with Crippen LogP contribution in [0.15, 0.2) is 46.9 Å². The zero-order valence-electron chi connectivity index (χ0n) is 11.0. The lowest BCUT2D eigenvalue weighted by molar-refractivity contribution is 0.921. The molecular weight excluding hydrogens is 338 g/mol. The smallest absolute Gasteiger partial charge is 0.124 e. The molecule has 0 fully saturated rings. The number of hydrogen-bond acceptors (Lipinski definition) is 2. The molecule has 3 nitrogen and oxygen atoms in total. The van der Waals surface area contributed by atoms with Crippen LogP contribution in [-0.2, 0) is 6.54 Å². The van der Waals surface area contributed by atoms with Crippen molar-refractivity contribution in [2.45, 2.75) is 6.54 Å². The Kier molecular flexibility index (Phi) is 4.68. The van der Waals surface area contributed by atoms with E-state index in [1.54, 1.807) is 0 Å². The van der Waals surface area contributed by atoms with Crippen LogP contribution in [-0.4, -0.2) is 12.9 Å². The molecule has 2 aromatic rings. The maximum Gasteiger partial charge on any atom is 0.124 e. The van der Waals surface area contributed by atoms with Crippen molar-refractivity contribution in [3.8, 4) is 0 Å². The molecule has 2 rings (SSSR count). The van der Waals surface area contributed by atoms with Gasteiger partial charge in [-0.15, -0.1) is 0 Å². The monoisotopic (exact) mass is 351 g/mol. The molecule has 20 heavy (non-hydrogen) atoms. The van der Waals surface area contributed by atoms with Gasteiger partial charge in [0.1, 0.15) is 5.84 Å². The normalized spacial score (nSPS) is 10.3. The zero-order chi connectivity index (χ0) is 14.7. The molecule has 0 aliphatic rings. The first kappa shape index (κ1) is 14.9. The molecule has 0 spiro atoms. The Hall–Kier alpha value is -1.52. The number of rotatable bonds is 4. The quantitative estimate of drug-likeness (QED) is 0.645. The minimum absolute atomic E-state index is 0.0595. The molecule has 0 aromatic heterocycles. The molecule has 0 aliphatic heterocycles. The molecule has 5 heteroatoms. The lowest BCUT2D eigenvalue weighted by Crippen LogP contribution is -2.22. The van der Waals surface area contributed by atoms with Crippen LogP contribution in [0, 0.1) is 5.41 Å². The Balaban J connectivity index is 2.27. The summed E-state index contributed by atoms with van der Waals surface area (Å²) in [4.78, 5) is 2.06. The Morgan fingerprint density at radius 2 is 1.90 bits per heavy atom. The summed E-state index contributed by atoms with van der Waals surface area (Å²) in [5, 5.41) is 8.41. The van der Waals surface area contributed by atoms with E-state index < -0.39 is 0 Å². The van der Waals surface area contributed by atoms with Crippen LogP contribution in [0.4, 0.5) is 5.69 Å². The van der Waals surface area contributed by atoms with Crippen molar-refractivity contribution >= 4 is 39.1 Å². The standard InChI is InChI=1S/C15H15BrClN3/c1-20(9-10-2-5-12(17)6-3-10)14-7-4-11(16)8-13(14)15(18)19/h2-8H,9H2,1H3,(H3,18,19). The average Bonchev–Trinajstić information content (AvgIpc) is 2.41. The number of hydrogen-bond donors (Lipinski definition) is 2. The molecule has 0 atom stereocenters. The third kappa shape index (κ3) is 3.52. The molecule has 0 radical (unpaired) electrons. The molecule has 0 aliphatic carbocycles. The van der Waals surface area contributed by atoms with Gasteiger partial charge >= 0.3 is 0 Å². The Morgan fingerprint density at radius 1 is 1.25 bits per heavy atom. The number of benzene rings is 2. The Morgan fingerprint density at radius 3 is 2.50 bits per heavy atom. The van der Waals surface area contributed by atoms with Gasteiger partial charge in [0.05, 0.1) is 0 Å². The first-order chi connectivity index (χ1) is 9.47. The van der Waals surface area contributed by atoms with Gasteiger partial charge in [0.2, 0.25) is 0 Å². The molecule has 0 bridgehead atoms. The highest BCUT2D eigenvalue weighted by molar-refractivity contribution is 9.10. The second-order valence-electron chi connectivity index (χ2n) is 4.56. The van der Waals surface area contributed by atoms with E-state index in [0.29, 0.717) is 0 Å². The van der Waals surface area contributed by atoms with E-state index in [1.165, 1.54) is 0 Å². The topological polar surface area (TPSA) is 53.1 Å². The maximum atomic E-state index is 7.69. The van der Waals surface area contributed by atoms with Crippen molar-refractivity contribution in [3.05, 3.63) is 63.1 Å². The van der Waals surface area contributed by atoms with Crippen molar-refractivity contribution in [2.75, 3.05) is 11.9 Å². The van der Waals surface area contributed by atoms with Gasteiger partial charge in [0, 0.05) is 34.3 Å². The minimum Gasteiger partial charge on any atom is -0.384 e. The summed E-state index contributed by atoms with van der Waals surface area (Å²) >= 11 is 9.29. The Labute approximate surface area is 132 Å². The van der Waals surface area contributed by atoms with E-state index in [4.69, 9.17) is 22.7 Å². The zero-order valence-corrected chi connectivity index (χ0v) is 13.4. The van der Waals surface area contributed by atoms with Crippen molar-refractivity contribution < 1.29 is 0 Å². The third-order valence-electron chi connectivity index (χ3n) is 2.99. The Bertz CT molecular complexity index is 626. The fraction of sp³-hybridized carbons (Fsp3) is 0.133. The largest absolute Gasteiger partial charge is 0.384 e. The number of amidine groups is 1. The number of nitrogen functional groups attached to an aromatic ring is 1. The molecule has 2 aromatic carbocycles.